The van der Waals surface area contributed by atoms with E-state index in [1.54, 1.807) is 6.07 Å². The van der Waals surface area contributed by atoms with Crippen molar-refractivity contribution < 1.29 is 38.0 Å². The van der Waals surface area contributed by atoms with Gasteiger partial charge in [-0.2, -0.15) is 0 Å². The average Bonchev–Trinajstić information content (AvgIpc) is 3.45. The number of ketones is 1. The van der Waals surface area contributed by atoms with Crippen LogP contribution in [-0.2, 0) is 11.3 Å². The molecule has 184 valence electrons. The predicted octanol–water partition coefficient (Wildman–Crippen LogP) is 3.95. The number of rotatable bonds is 9. The minimum absolute atomic E-state index is 0.131. The molecule has 0 radical (unpaired) electrons. The zero-order chi connectivity index (χ0) is 25.1. The molecule has 0 fully saturated rings. The highest BCUT2D eigenvalue weighted by atomic mass is 16.7. The van der Waals surface area contributed by atoms with Gasteiger partial charge in [-0.1, -0.05) is 6.07 Å². The summed E-state index contributed by atoms with van der Waals surface area (Å²) in [7, 11) is 4.37. The first-order chi connectivity index (χ1) is 16.9. The molecule has 3 aromatic rings. The molecule has 0 N–H and O–H groups in total. The summed E-state index contributed by atoms with van der Waals surface area (Å²) in [6.07, 6.45) is 0. The third-order valence-corrected chi connectivity index (χ3v) is 5.91. The van der Waals surface area contributed by atoms with E-state index in [0.29, 0.717) is 29.4 Å². The van der Waals surface area contributed by atoms with Crippen molar-refractivity contribution in [3.63, 3.8) is 0 Å². The summed E-state index contributed by atoms with van der Waals surface area (Å²) < 4.78 is 34.0. The molecule has 9 nitrogen and oxygen atoms in total. The quantitative estimate of drug-likeness (QED) is 0.335. The first kappa shape index (κ1) is 24.0. The number of carbonyl (C=O) groups is 2. The zero-order valence-electron chi connectivity index (χ0n) is 20.3. The Bertz CT molecular complexity index is 1280. The van der Waals surface area contributed by atoms with Crippen molar-refractivity contribution in [2.45, 2.75) is 20.4 Å². The largest absolute Gasteiger partial charge is 0.496 e. The van der Waals surface area contributed by atoms with Crippen molar-refractivity contribution in [1.82, 2.24) is 4.57 Å². The standard InChI is InChI=1S/C26H27NO8/c1-15-8-18(16(2)27(15)12-17-6-7-21-25(9-17)35-14-34-21)20(28)13-33-26(29)19-10-23(31-4)24(32-5)11-22(19)30-3/h6-11H,12-14H2,1-5H3. The number of hydrogen-bond acceptors (Lipinski definition) is 8. The van der Waals surface area contributed by atoms with Gasteiger partial charge in [0.25, 0.3) is 0 Å². The van der Waals surface area contributed by atoms with E-state index in [9.17, 15) is 9.59 Å². The van der Waals surface area contributed by atoms with Crippen molar-refractivity contribution >= 4 is 11.8 Å². The van der Waals surface area contributed by atoms with Crippen molar-refractivity contribution in [2.24, 2.45) is 0 Å². The van der Waals surface area contributed by atoms with E-state index in [-0.39, 0.29) is 23.9 Å². The van der Waals surface area contributed by atoms with Crippen molar-refractivity contribution in [3.05, 3.63) is 64.5 Å². The SMILES string of the molecule is COc1cc(OC)c(C(=O)OCC(=O)c2cc(C)n(Cc3ccc4c(c3)OCO4)c2C)cc1OC. The second kappa shape index (κ2) is 10.0. The van der Waals surface area contributed by atoms with Crippen LogP contribution in [0, 0.1) is 13.8 Å². The third kappa shape index (κ3) is 4.75. The molecule has 1 aliphatic rings. The monoisotopic (exact) mass is 481 g/mol. The number of methoxy groups -OCH3 is 3. The summed E-state index contributed by atoms with van der Waals surface area (Å²) >= 11 is 0. The third-order valence-electron chi connectivity index (χ3n) is 5.91. The van der Waals surface area contributed by atoms with E-state index in [1.165, 1.54) is 33.5 Å². The van der Waals surface area contributed by atoms with Gasteiger partial charge in [-0.05, 0) is 37.6 Å². The highest BCUT2D eigenvalue weighted by Crippen LogP contribution is 2.35. The minimum atomic E-state index is -0.703. The second-order valence-electron chi connectivity index (χ2n) is 7.97. The number of ether oxygens (including phenoxy) is 6. The van der Waals surface area contributed by atoms with Crippen LogP contribution >= 0.6 is 0 Å². The Morgan fingerprint density at radius 3 is 2.26 bits per heavy atom. The molecule has 4 rings (SSSR count). The highest BCUT2D eigenvalue weighted by molar-refractivity contribution is 6.01. The summed E-state index contributed by atoms with van der Waals surface area (Å²) in [6, 6.07) is 10.6. The van der Waals surface area contributed by atoms with Crippen LogP contribution in [0.3, 0.4) is 0 Å². The van der Waals surface area contributed by atoms with Gasteiger partial charge in [0.1, 0.15) is 11.3 Å². The molecule has 1 aromatic heterocycles. The van der Waals surface area contributed by atoms with E-state index in [0.717, 1.165) is 22.7 Å². The van der Waals surface area contributed by atoms with Crippen LogP contribution in [0.25, 0.3) is 0 Å². The fourth-order valence-corrected chi connectivity index (χ4v) is 4.02. The van der Waals surface area contributed by atoms with Gasteiger partial charge in [-0.3, -0.25) is 4.79 Å². The Morgan fingerprint density at radius 1 is 0.857 bits per heavy atom. The number of aromatic nitrogens is 1. The van der Waals surface area contributed by atoms with Gasteiger partial charge in [-0.25, -0.2) is 4.79 Å². The molecule has 35 heavy (non-hydrogen) atoms. The molecular formula is C26H27NO8. The minimum Gasteiger partial charge on any atom is -0.496 e. The first-order valence-electron chi connectivity index (χ1n) is 10.9. The molecule has 0 saturated heterocycles. The molecule has 0 amide bonds. The van der Waals surface area contributed by atoms with E-state index in [2.05, 4.69) is 0 Å². The lowest BCUT2D eigenvalue weighted by Gasteiger charge is -2.13. The van der Waals surface area contributed by atoms with Gasteiger partial charge < -0.3 is 33.0 Å². The maximum absolute atomic E-state index is 12.9. The van der Waals surface area contributed by atoms with Crippen LogP contribution in [0.15, 0.2) is 36.4 Å². The van der Waals surface area contributed by atoms with E-state index in [1.807, 2.05) is 36.6 Å². The lowest BCUT2D eigenvalue weighted by molar-refractivity contribution is 0.0471. The number of benzene rings is 2. The first-order valence-corrected chi connectivity index (χ1v) is 10.9. The molecular weight excluding hydrogens is 454 g/mol. The van der Waals surface area contributed by atoms with Gasteiger partial charge in [-0.15, -0.1) is 0 Å². The van der Waals surface area contributed by atoms with E-state index >= 15 is 0 Å². The van der Waals surface area contributed by atoms with Crippen LogP contribution in [-0.4, -0.2) is 51.0 Å². The normalized spacial score (nSPS) is 11.8. The number of esters is 1. The predicted molar refractivity (Wildman–Crippen MR) is 126 cm³/mol. The number of hydrogen-bond donors (Lipinski definition) is 0. The zero-order valence-corrected chi connectivity index (χ0v) is 20.3. The Balaban J connectivity index is 1.48. The van der Waals surface area contributed by atoms with Gasteiger partial charge in [0.2, 0.25) is 12.6 Å². The Hall–Kier alpha value is -4.14. The van der Waals surface area contributed by atoms with Crippen LogP contribution in [0.5, 0.6) is 28.7 Å². The summed E-state index contributed by atoms with van der Waals surface area (Å²) in [4.78, 5) is 25.7. The number of carbonyl (C=O) groups excluding carboxylic acids is 2. The number of nitrogens with zero attached hydrogens (tertiary/aromatic N) is 1. The van der Waals surface area contributed by atoms with Crippen molar-refractivity contribution in [1.29, 1.82) is 0 Å². The number of fused-ring (bicyclic) bond motifs is 1. The second-order valence-corrected chi connectivity index (χ2v) is 7.97. The maximum atomic E-state index is 12.9. The molecule has 0 aliphatic carbocycles. The molecule has 0 atom stereocenters. The topological polar surface area (TPSA) is 94.5 Å². The Kier molecular flexibility index (Phi) is 6.86. The summed E-state index contributed by atoms with van der Waals surface area (Å²) in [5, 5.41) is 0. The molecule has 0 spiro atoms. The lowest BCUT2D eigenvalue weighted by Crippen LogP contribution is -2.16. The van der Waals surface area contributed by atoms with E-state index < -0.39 is 12.6 Å². The molecule has 1 aliphatic heterocycles. The fraction of sp³-hybridized carbons (Fsp3) is 0.308. The number of Topliss-reactive ketones (excluding diaryl/α,β-unsaturated/α-hetero) is 1. The van der Waals surface area contributed by atoms with Crippen LogP contribution in [0.2, 0.25) is 0 Å². The van der Waals surface area contributed by atoms with Gasteiger partial charge in [0.05, 0.1) is 21.3 Å². The fourth-order valence-electron chi connectivity index (χ4n) is 4.02. The van der Waals surface area contributed by atoms with Gasteiger partial charge in [0, 0.05) is 35.6 Å². The van der Waals surface area contributed by atoms with Crippen LogP contribution in [0.4, 0.5) is 0 Å². The summed E-state index contributed by atoms with van der Waals surface area (Å²) in [6.45, 7) is 4.16. The van der Waals surface area contributed by atoms with Crippen LogP contribution in [0.1, 0.15) is 37.7 Å². The molecule has 9 heteroatoms. The number of aryl methyl sites for hydroxylation is 1. The Morgan fingerprint density at radius 2 is 1.54 bits per heavy atom. The Labute approximate surface area is 203 Å². The van der Waals surface area contributed by atoms with E-state index in [4.69, 9.17) is 28.4 Å². The average molecular weight is 482 g/mol. The van der Waals surface area contributed by atoms with Gasteiger partial charge in [0.15, 0.2) is 29.6 Å². The summed E-state index contributed by atoms with van der Waals surface area (Å²) in [5.74, 6) is 1.43. The molecule has 2 aromatic carbocycles. The maximum Gasteiger partial charge on any atom is 0.342 e. The lowest BCUT2D eigenvalue weighted by atomic mass is 10.1. The smallest absolute Gasteiger partial charge is 0.342 e. The molecule has 2 heterocycles. The van der Waals surface area contributed by atoms with Crippen molar-refractivity contribution in [2.75, 3.05) is 34.7 Å². The molecule has 0 unspecified atom stereocenters. The van der Waals surface area contributed by atoms with Crippen LogP contribution < -0.4 is 23.7 Å². The summed E-state index contributed by atoms with van der Waals surface area (Å²) in [5.41, 5.74) is 3.34. The highest BCUT2D eigenvalue weighted by Gasteiger charge is 2.22. The van der Waals surface area contributed by atoms with Gasteiger partial charge >= 0.3 is 5.97 Å². The van der Waals surface area contributed by atoms with Crippen molar-refractivity contribution in [3.8, 4) is 28.7 Å². The molecule has 0 bridgehead atoms. The molecule has 0 saturated carbocycles.